The van der Waals surface area contributed by atoms with Gasteiger partial charge in [-0.05, 0) is 191 Å². The van der Waals surface area contributed by atoms with Crippen LogP contribution in [-0.4, -0.2) is 36.6 Å². The Balaban J connectivity index is 0.000000135. The Labute approximate surface area is 388 Å². The Morgan fingerprint density at radius 2 is 0.758 bits per heavy atom. The van der Waals surface area contributed by atoms with Gasteiger partial charge < -0.3 is 14.2 Å². The van der Waals surface area contributed by atoms with Crippen molar-refractivity contribution in [3.8, 4) is 0 Å². The lowest BCUT2D eigenvalue weighted by Crippen LogP contribution is -2.49. The molecule has 0 aromatic heterocycles. The van der Waals surface area contributed by atoms with E-state index in [1.807, 2.05) is 83.1 Å². The van der Waals surface area contributed by atoms with Gasteiger partial charge in [-0.3, -0.25) is 0 Å². The summed E-state index contributed by atoms with van der Waals surface area (Å²) in [6, 6.07) is 0. The highest BCUT2D eigenvalue weighted by Crippen LogP contribution is 2.71. The maximum Gasteiger partial charge on any atom is 0.0875 e. The van der Waals surface area contributed by atoms with E-state index in [0.717, 1.165) is 53.1 Å². The highest BCUT2D eigenvalue weighted by atomic mass is 16.6. The lowest BCUT2D eigenvalue weighted by Gasteiger charge is -2.56. The Morgan fingerprint density at radius 3 is 1.15 bits per heavy atom. The predicted molar refractivity (Wildman–Crippen MR) is 268 cm³/mol. The van der Waals surface area contributed by atoms with Crippen LogP contribution in [0.1, 0.15) is 251 Å². The van der Waals surface area contributed by atoms with Crippen LogP contribution in [-0.2, 0) is 14.2 Å². The molecule has 0 N–H and O–H groups in total. The van der Waals surface area contributed by atoms with Crippen molar-refractivity contribution < 1.29 is 14.2 Å². The first-order valence-electron chi connectivity index (χ1n) is 29.4. The van der Waals surface area contributed by atoms with Crippen molar-refractivity contribution in [2.45, 2.75) is 288 Å². The molecule has 3 heterocycles. The van der Waals surface area contributed by atoms with Gasteiger partial charge in [0.1, 0.15) is 0 Å². The van der Waals surface area contributed by atoms with Gasteiger partial charge in [0.05, 0.1) is 36.6 Å². The summed E-state index contributed by atoms with van der Waals surface area (Å²) in [5.74, 6) is 16.3. The van der Waals surface area contributed by atoms with Crippen molar-refractivity contribution >= 4 is 0 Å². The monoisotopic (exact) mass is 867 g/mol. The number of hydrogen-bond acceptors (Lipinski definition) is 3. The molecule has 0 radical (unpaired) electrons. The summed E-state index contributed by atoms with van der Waals surface area (Å²) in [6.45, 7) is 29.0. The van der Waals surface area contributed by atoms with Crippen LogP contribution in [0.4, 0.5) is 0 Å². The van der Waals surface area contributed by atoms with Gasteiger partial charge in [0.25, 0.3) is 0 Å². The minimum Gasteiger partial charge on any atom is -0.370 e. The summed E-state index contributed by atoms with van der Waals surface area (Å²) in [5, 5.41) is 0. The molecule has 3 aliphatic heterocycles. The molecule has 14 saturated carbocycles. The Morgan fingerprint density at radius 1 is 0.306 bits per heavy atom. The van der Waals surface area contributed by atoms with Crippen molar-refractivity contribution in [2.24, 2.45) is 88.3 Å². The molecule has 17 fully saturated rings. The summed E-state index contributed by atoms with van der Waals surface area (Å²) in [5.41, 5.74) is 0.748. The molecule has 20 unspecified atom stereocenters. The van der Waals surface area contributed by atoms with Gasteiger partial charge in [0.15, 0.2) is 0 Å². The van der Waals surface area contributed by atoms with E-state index in [0.29, 0.717) is 24.4 Å². The van der Waals surface area contributed by atoms with E-state index in [2.05, 4.69) is 13.8 Å². The number of fused-ring (bicyclic) bond motifs is 15. The van der Waals surface area contributed by atoms with Gasteiger partial charge in [-0.1, -0.05) is 148 Å². The van der Waals surface area contributed by atoms with E-state index < -0.39 is 0 Å². The average molecular weight is 868 g/mol. The van der Waals surface area contributed by atoms with Crippen LogP contribution < -0.4 is 0 Å². The zero-order valence-electron chi connectivity index (χ0n) is 44.2. The first-order chi connectivity index (χ1) is 30.5. The van der Waals surface area contributed by atoms with Crippen molar-refractivity contribution in [3.63, 3.8) is 0 Å². The molecule has 0 aromatic rings. The fourth-order valence-corrected chi connectivity index (χ4v) is 15.6. The molecular weight excluding hydrogens is 757 g/mol. The van der Waals surface area contributed by atoms with E-state index in [1.165, 1.54) is 124 Å². The molecule has 0 amide bonds. The molecule has 0 aromatic carbocycles. The molecule has 20 atom stereocenters. The number of epoxide rings is 3. The number of rotatable bonds is 0. The summed E-state index contributed by atoms with van der Waals surface area (Å²) in [4.78, 5) is 0. The second-order valence-corrected chi connectivity index (χ2v) is 22.1. The van der Waals surface area contributed by atoms with Gasteiger partial charge in [-0.2, -0.15) is 0 Å². The highest BCUT2D eigenvalue weighted by Gasteiger charge is 2.65. The van der Waals surface area contributed by atoms with Gasteiger partial charge >= 0.3 is 0 Å². The molecule has 3 saturated heterocycles. The van der Waals surface area contributed by atoms with Crippen molar-refractivity contribution in [1.29, 1.82) is 0 Å². The summed E-state index contributed by atoms with van der Waals surface area (Å²) < 4.78 is 16.3. The number of ether oxygens (including phenoxy) is 3. The standard InChI is InChI=1S/C10H14O.C10H16.C8H12.C7H12O.C6H10O.C6H10.6C2H6/c1-2-6-3-5(1)7-4-8-10(11-8)9(6)7;1-10(2)7-3-6-4-8(6)9(10)5-7;1-2-6-3-5(1)7-4-8(6)7;1-2-4-6-7(8-6)5-3-1;1-2-4-6-5(3-1)7-6;1-2-5-4-6(5)3-1;6*1-2/h5-10H,1-4H2;6-9H,3-5H2,1-2H3;5-8H,1-4H2;6-7H,1-5H2;5-6H,1-4H2;5-6H,1-4H2;6*1-2H3. The van der Waals surface area contributed by atoms with E-state index >= 15 is 0 Å². The third-order valence-corrected chi connectivity index (χ3v) is 19.2. The van der Waals surface area contributed by atoms with E-state index in [4.69, 9.17) is 14.2 Å². The van der Waals surface area contributed by atoms with Crippen LogP contribution in [0.2, 0.25) is 0 Å². The smallest absolute Gasteiger partial charge is 0.0875 e. The quantitative estimate of drug-likeness (QED) is 0.228. The second-order valence-electron chi connectivity index (χ2n) is 22.1. The molecular formula is C59H110O3. The first kappa shape index (κ1) is 52.8. The molecule has 62 heavy (non-hydrogen) atoms. The fourth-order valence-electron chi connectivity index (χ4n) is 15.6. The third-order valence-electron chi connectivity index (χ3n) is 19.2. The van der Waals surface area contributed by atoms with E-state index in [9.17, 15) is 0 Å². The molecule has 364 valence electrons. The average Bonchev–Trinajstić information content (AvgIpc) is 4.06. The molecule has 17 rings (SSSR count). The SMILES string of the molecule is C1CC2CC1C1CC21.C1CC2CC1C1CC3OC3C21.C1CC2CC2C1.C1CCC2OC2C1.C1CCC2OC2CC1.CC.CC.CC.CC.CC.CC.CC1(C)C2CC3CC3C1C2. The van der Waals surface area contributed by atoms with Crippen LogP contribution >= 0.6 is 0 Å². The highest BCUT2D eigenvalue weighted by molar-refractivity contribution is 5.13. The zero-order chi connectivity index (χ0) is 45.1. The molecule has 17 aliphatic rings. The third kappa shape index (κ3) is 12.9. The predicted octanol–water partition coefficient (Wildman–Crippen LogP) is 17.6. The van der Waals surface area contributed by atoms with Crippen molar-refractivity contribution in [2.75, 3.05) is 0 Å². The minimum atomic E-state index is 0.692. The summed E-state index contributed by atoms with van der Waals surface area (Å²) in [7, 11) is 0. The molecule has 0 spiro atoms. The Hall–Kier alpha value is -0.120. The lowest BCUT2D eigenvalue weighted by molar-refractivity contribution is -0.0733. The van der Waals surface area contributed by atoms with E-state index in [1.54, 1.807) is 77.0 Å². The molecule has 3 heteroatoms. The summed E-state index contributed by atoms with van der Waals surface area (Å²) >= 11 is 0. The zero-order valence-corrected chi connectivity index (χ0v) is 44.2. The Bertz CT molecular complexity index is 1190. The van der Waals surface area contributed by atoms with E-state index in [-0.39, 0.29) is 0 Å². The molecule has 3 nitrogen and oxygen atoms in total. The van der Waals surface area contributed by atoms with Gasteiger partial charge in [0, 0.05) is 0 Å². The van der Waals surface area contributed by atoms with Crippen LogP contribution in [0.3, 0.4) is 0 Å². The van der Waals surface area contributed by atoms with Crippen LogP contribution in [0.15, 0.2) is 0 Å². The van der Waals surface area contributed by atoms with Crippen LogP contribution in [0.25, 0.3) is 0 Å². The van der Waals surface area contributed by atoms with Crippen LogP contribution in [0, 0.1) is 88.3 Å². The normalized spacial score (nSPS) is 47.5. The topological polar surface area (TPSA) is 37.6 Å². The minimum absolute atomic E-state index is 0.692. The molecule has 14 aliphatic carbocycles. The largest absolute Gasteiger partial charge is 0.370 e. The van der Waals surface area contributed by atoms with Gasteiger partial charge in [-0.15, -0.1) is 0 Å². The van der Waals surface area contributed by atoms with Crippen molar-refractivity contribution in [3.05, 3.63) is 0 Å². The lowest BCUT2D eigenvalue weighted by atomic mass is 9.49. The maximum absolute atomic E-state index is 5.62. The van der Waals surface area contributed by atoms with Gasteiger partial charge in [-0.25, -0.2) is 0 Å². The Kier molecular flexibility index (Phi) is 21.6. The second kappa shape index (κ2) is 25.3. The first-order valence-corrected chi connectivity index (χ1v) is 29.4. The van der Waals surface area contributed by atoms with Crippen molar-refractivity contribution in [1.82, 2.24) is 0 Å². The fraction of sp³-hybridized carbons (Fsp3) is 1.00. The summed E-state index contributed by atoms with van der Waals surface area (Å²) in [6.07, 6.45) is 40.1. The maximum atomic E-state index is 5.62. The van der Waals surface area contributed by atoms with Crippen LogP contribution in [0.5, 0.6) is 0 Å². The van der Waals surface area contributed by atoms with Gasteiger partial charge in [0.2, 0.25) is 0 Å². The number of hydrogen-bond donors (Lipinski definition) is 0. The molecule has 6 bridgehead atoms.